The van der Waals surface area contributed by atoms with Crippen molar-refractivity contribution in [2.24, 2.45) is 4.99 Å². The van der Waals surface area contributed by atoms with Crippen LogP contribution in [0.3, 0.4) is 0 Å². The molecule has 0 saturated heterocycles. The summed E-state index contributed by atoms with van der Waals surface area (Å²) in [6, 6.07) is 7.75. The average Bonchev–Trinajstić information content (AvgIpc) is 2.68. The molecule has 0 radical (unpaired) electrons. The number of hydrogen-bond donors (Lipinski definition) is 3. The van der Waals surface area contributed by atoms with Crippen LogP contribution in [0.25, 0.3) is 0 Å². The molecule has 1 heterocycles. The van der Waals surface area contributed by atoms with Crippen LogP contribution in [0, 0.1) is 0 Å². The molecule has 2 rings (SSSR count). The molecule has 0 amide bonds. The van der Waals surface area contributed by atoms with E-state index in [1.165, 1.54) is 43.7 Å². The van der Waals surface area contributed by atoms with Crippen LogP contribution in [0.1, 0.15) is 11.1 Å². The predicted molar refractivity (Wildman–Crippen MR) is 114 cm³/mol. The normalized spacial score (nSPS) is 12.2. The van der Waals surface area contributed by atoms with E-state index in [2.05, 4.69) is 25.3 Å². The Morgan fingerprint density at radius 2 is 1.79 bits per heavy atom. The van der Waals surface area contributed by atoms with E-state index in [1.54, 1.807) is 0 Å². The van der Waals surface area contributed by atoms with Gasteiger partial charge in [-0.1, -0.05) is 12.1 Å². The van der Waals surface area contributed by atoms with Crippen LogP contribution in [0.4, 0.5) is 13.2 Å². The maximum absolute atomic E-state index is 12.6. The highest BCUT2D eigenvalue weighted by Crippen LogP contribution is 2.28. The molecule has 160 valence electrons. The summed E-state index contributed by atoms with van der Waals surface area (Å²) in [5.74, 6) is 0.389. The number of nitrogens with one attached hydrogen (secondary N) is 3. The summed E-state index contributed by atoms with van der Waals surface area (Å²) in [4.78, 5) is 7.81. The molecule has 0 unspecified atom stereocenters. The number of benzene rings is 1. The third-order valence-electron chi connectivity index (χ3n) is 3.62. The van der Waals surface area contributed by atoms with Crippen LogP contribution < -0.4 is 15.4 Å². The second-order valence-electron chi connectivity index (χ2n) is 5.63. The molecule has 2 aromatic rings. The van der Waals surface area contributed by atoms with Gasteiger partial charge in [0, 0.05) is 39.1 Å². The average molecular weight is 543 g/mol. The molecule has 1 aromatic carbocycles. The monoisotopic (exact) mass is 543 g/mol. The fourth-order valence-corrected chi connectivity index (χ4v) is 3.17. The Hall–Kier alpha value is -1.93. The number of guanidine groups is 1. The van der Waals surface area contributed by atoms with Crippen molar-refractivity contribution >= 4 is 40.0 Å². The van der Waals surface area contributed by atoms with Gasteiger partial charge in [-0.25, -0.2) is 13.1 Å². The Bertz CT molecular complexity index is 892. The summed E-state index contributed by atoms with van der Waals surface area (Å²) in [6.45, 7) is 0.629. The van der Waals surface area contributed by atoms with Crippen molar-refractivity contribution in [3.05, 3.63) is 59.9 Å². The third-order valence-corrected chi connectivity index (χ3v) is 5.07. The Balaban J connectivity index is 0.00000420. The van der Waals surface area contributed by atoms with Gasteiger partial charge in [-0.05, 0) is 29.8 Å². The molecule has 0 aliphatic carbocycles. The molecule has 0 aliphatic rings. The van der Waals surface area contributed by atoms with Crippen LogP contribution in [0.5, 0.6) is 0 Å². The molecule has 1 aromatic heterocycles. The summed E-state index contributed by atoms with van der Waals surface area (Å²) in [5.41, 5.74) is -0.0621. The van der Waals surface area contributed by atoms with Crippen LogP contribution in [-0.2, 0) is 22.7 Å². The van der Waals surface area contributed by atoms with E-state index in [4.69, 9.17) is 0 Å². The molecule has 0 saturated carbocycles. The number of aliphatic imine (C=N–C) groups is 1. The lowest BCUT2D eigenvalue weighted by molar-refractivity contribution is -0.137. The predicted octanol–water partition coefficient (Wildman–Crippen LogP) is 2.36. The number of halogens is 4. The van der Waals surface area contributed by atoms with Gasteiger partial charge < -0.3 is 10.6 Å². The summed E-state index contributed by atoms with van der Waals surface area (Å²) in [5, 5.41) is 5.86. The first-order chi connectivity index (χ1) is 13.2. The van der Waals surface area contributed by atoms with Gasteiger partial charge in [0.1, 0.15) is 4.90 Å². The largest absolute Gasteiger partial charge is 0.416 e. The van der Waals surface area contributed by atoms with Gasteiger partial charge in [-0.15, -0.1) is 24.0 Å². The Morgan fingerprint density at radius 3 is 2.34 bits per heavy atom. The minimum Gasteiger partial charge on any atom is -0.355 e. The molecule has 0 bridgehead atoms. The van der Waals surface area contributed by atoms with E-state index < -0.39 is 21.8 Å². The number of pyridine rings is 1. The van der Waals surface area contributed by atoms with E-state index in [0.29, 0.717) is 11.5 Å². The standard InChI is InChI=1S/C17H20F3N5O2S.HI/c1-21-16(24-11-13-4-6-14(7-5-13)17(18,19)20)23-9-10-25-28(26,27)15-3-2-8-22-12-15;/h2-8,12,25H,9-11H2,1H3,(H2,21,23,24);1H. The lowest BCUT2D eigenvalue weighted by Crippen LogP contribution is -2.41. The maximum atomic E-state index is 12.6. The summed E-state index contributed by atoms with van der Waals surface area (Å²) < 4.78 is 64.2. The number of rotatable bonds is 7. The second-order valence-corrected chi connectivity index (χ2v) is 7.40. The number of alkyl halides is 3. The lowest BCUT2D eigenvalue weighted by atomic mass is 10.1. The minimum absolute atomic E-state index is 0. The van der Waals surface area contributed by atoms with Crippen molar-refractivity contribution < 1.29 is 21.6 Å². The Kier molecular flexibility index (Phi) is 9.79. The molecule has 0 spiro atoms. The van der Waals surface area contributed by atoms with Crippen molar-refractivity contribution in [3.63, 3.8) is 0 Å². The SMILES string of the molecule is CN=C(NCCNS(=O)(=O)c1cccnc1)NCc1ccc(C(F)(F)F)cc1.I. The zero-order valence-electron chi connectivity index (χ0n) is 15.4. The second kappa shape index (κ2) is 11.3. The van der Waals surface area contributed by atoms with Gasteiger partial charge in [-0.2, -0.15) is 13.2 Å². The quantitative estimate of drug-likeness (QED) is 0.216. The smallest absolute Gasteiger partial charge is 0.355 e. The van der Waals surface area contributed by atoms with Gasteiger partial charge in [0.25, 0.3) is 0 Å². The highest BCUT2D eigenvalue weighted by Gasteiger charge is 2.29. The lowest BCUT2D eigenvalue weighted by Gasteiger charge is -2.13. The maximum Gasteiger partial charge on any atom is 0.416 e. The summed E-state index contributed by atoms with van der Waals surface area (Å²) >= 11 is 0. The summed E-state index contributed by atoms with van der Waals surface area (Å²) in [6.07, 6.45) is -1.64. The van der Waals surface area contributed by atoms with E-state index in [-0.39, 0.29) is 48.5 Å². The molecule has 3 N–H and O–H groups in total. The van der Waals surface area contributed by atoms with Crippen molar-refractivity contribution in [1.29, 1.82) is 0 Å². The summed E-state index contributed by atoms with van der Waals surface area (Å²) in [7, 11) is -2.11. The number of hydrogen-bond acceptors (Lipinski definition) is 4. The van der Waals surface area contributed by atoms with Crippen molar-refractivity contribution in [2.75, 3.05) is 20.1 Å². The Morgan fingerprint density at radius 1 is 1.10 bits per heavy atom. The van der Waals surface area contributed by atoms with Gasteiger partial charge >= 0.3 is 6.18 Å². The number of aromatic nitrogens is 1. The van der Waals surface area contributed by atoms with Crippen LogP contribution in [-0.4, -0.2) is 39.5 Å². The van der Waals surface area contributed by atoms with Crippen LogP contribution in [0.15, 0.2) is 58.7 Å². The first kappa shape index (κ1) is 25.1. The number of nitrogens with zero attached hydrogens (tertiary/aromatic N) is 2. The van der Waals surface area contributed by atoms with Gasteiger partial charge in [0.2, 0.25) is 10.0 Å². The molecule has 29 heavy (non-hydrogen) atoms. The minimum atomic E-state index is -4.37. The first-order valence-corrected chi connectivity index (χ1v) is 9.71. The topological polar surface area (TPSA) is 95.5 Å². The number of sulfonamides is 1. The van der Waals surface area contributed by atoms with Crippen molar-refractivity contribution in [2.45, 2.75) is 17.6 Å². The fourth-order valence-electron chi connectivity index (χ4n) is 2.17. The van der Waals surface area contributed by atoms with E-state index in [9.17, 15) is 21.6 Å². The molecule has 0 atom stereocenters. The van der Waals surface area contributed by atoms with Crippen LogP contribution >= 0.6 is 24.0 Å². The van der Waals surface area contributed by atoms with E-state index in [1.807, 2.05) is 0 Å². The van der Waals surface area contributed by atoms with Crippen molar-refractivity contribution in [3.8, 4) is 0 Å². The highest BCUT2D eigenvalue weighted by atomic mass is 127. The Labute approximate surface area is 184 Å². The van der Waals surface area contributed by atoms with Gasteiger partial charge in [0.05, 0.1) is 5.56 Å². The van der Waals surface area contributed by atoms with Crippen LogP contribution in [0.2, 0.25) is 0 Å². The van der Waals surface area contributed by atoms with Gasteiger partial charge in [-0.3, -0.25) is 9.98 Å². The molecular weight excluding hydrogens is 522 g/mol. The van der Waals surface area contributed by atoms with E-state index in [0.717, 1.165) is 12.1 Å². The van der Waals surface area contributed by atoms with E-state index >= 15 is 0 Å². The van der Waals surface area contributed by atoms with Crippen molar-refractivity contribution in [1.82, 2.24) is 20.3 Å². The fraction of sp³-hybridized carbons (Fsp3) is 0.294. The molecular formula is C17H21F3IN5O2S. The molecule has 0 fully saturated rings. The zero-order valence-corrected chi connectivity index (χ0v) is 18.5. The zero-order chi connectivity index (χ0) is 20.6. The molecule has 12 heteroatoms. The highest BCUT2D eigenvalue weighted by molar-refractivity contribution is 14.0. The molecule has 7 nitrogen and oxygen atoms in total. The third kappa shape index (κ3) is 8.14. The first-order valence-electron chi connectivity index (χ1n) is 8.23. The molecule has 0 aliphatic heterocycles. The van der Waals surface area contributed by atoms with Gasteiger partial charge in [0.15, 0.2) is 5.96 Å².